The van der Waals surface area contributed by atoms with Crippen molar-refractivity contribution in [2.75, 3.05) is 5.32 Å². The molecule has 0 spiro atoms. The van der Waals surface area contributed by atoms with Gasteiger partial charge in [0.25, 0.3) is 0 Å². The van der Waals surface area contributed by atoms with E-state index in [-0.39, 0.29) is 12.1 Å². The van der Waals surface area contributed by atoms with Crippen molar-refractivity contribution < 1.29 is 31.5 Å². The number of halogens is 3. The second kappa shape index (κ2) is 6.73. The molecule has 2 aromatic carbocycles. The summed E-state index contributed by atoms with van der Waals surface area (Å²) >= 11 is 0. The second-order valence-corrected chi connectivity index (χ2v) is 6.68. The summed E-state index contributed by atoms with van der Waals surface area (Å²) in [6, 6.07) is 7.37. The smallest absolute Gasteiger partial charge is 0.416 e. The lowest BCUT2D eigenvalue weighted by Gasteiger charge is -2.09. The van der Waals surface area contributed by atoms with Gasteiger partial charge in [0.05, 0.1) is 12.0 Å². The molecular weight excluding hydrogens is 361 g/mol. The minimum Gasteiger partial charge on any atom is -0.507 e. The highest BCUT2D eigenvalue weighted by molar-refractivity contribution is 7.89. The van der Waals surface area contributed by atoms with Gasteiger partial charge in [-0.2, -0.15) is 13.2 Å². The molecule has 0 unspecified atom stereocenters. The van der Waals surface area contributed by atoms with Gasteiger partial charge < -0.3 is 10.4 Å². The largest absolute Gasteiger partial charge is 0.507 e. The minimum absolute atomic E-state index is 0.0683. The summed E-state index contributed by atoms with van der Waals surface area (Å²) in [6.45, 7) is 0. The predicted octanol–water partition coefficient (Wildman–Crippen LogP) is 2.24. The fraction of sp³-hybridized carbons (Fsp3) is 0.133. The molecule has 25 heavy (non-hydrogen) atoms. The lowest BCUT2D eigenvalue weighted by molar-refractivity contribution is -0.137. The number of carbonyl (C=O) groups excluding carboxylic acids is 1. The van der Waals surface area contributed by atoms with Crippen LogP contribution in [-0.4, -0.2) is 19.4 Å². The highest BCUT2D eigenvalue weighted by Crippen LogP contribution is 2.29. The van der Waals surface area contributed by atoms with Gasteiger partial charge in [-0.1, -0.05) is 12.1 Å². The molecule has 0 aromatic heterocycles. The third-order valence-corrected chi connectivity index (χ3v) is 4.14. The van der Waals surface area contributed by atoms with Crippen LogP contribution in [-0.2, 0) is 27.4 Å². The van der Waals surface area contributed by atoms with Crippen LogP contribution in [0.4, 0.5) is 18.9 Å². The standard InChI is InChI=1S/C15H13F3N2O4S/c16-15(17,18)10-3-1-9(2-4-10)7-14(22)20-11-5-6-12(21)13(8-11)25(19,23)24/h1-6,8,21H,7H2,(H,20,22)(H2,19,23,24). The van der Waals surface area contributed by atoms with Crippen LogP contribution in [0.3, 0.4) is 0 Å². The predicted molar refractivity (Wildman–Crippen MR) is 83.3 cm³/mol. The highest BCUT2D eigenvalue weighted by Gasteiger charge is 2.30. The van der Waals surface area contributed by atoms with Gasteiger partial charge in [-0.15, -0.1) is 0 Å². The monoisotopic (exact) mass is 374 g/mol. The Labute approximate surface area is 141 Å². The first-order valence-corrected chi connectivity index (χ1v) is 8.33. The summed E-state index contributed by atoms with van der Waals surface area (Å²) < 4.78 is 60.0. The molecule has 0 saturated heterocycles. The number of rotatable bonds is 4. The fourth-order valence-corrected chi connectivity index (χ4v) is 2.67. The number of anilines is 1. The number of carbonyl (C=O) groups is 1. The Morgan fingerprint density at radius 2 is 1.72 bits per heavy atom. The zero-order valence-corrected chi connectivity index (χ0v) is 13.4. The molecule has 2 rings (SSSR count). The molecule has 0 aliphatic carbocycles. The summed E-state index contributed by atoms with van der Waals surface area (Å²) in [5, 5.41) is 16.8. The third-order valence-electron chi connectivity index (χ3n) is 3.20. The van der Waals surface area contributed by atoms with E-state index >= 15 is 0 Å². The number of hydrogen-bond acceptors (Lipinski definition) is 4. The van der Waals surface area contributed by atoms with Gasteiger partial charge in [0.15, 0.2) is 0 Å². The van der Waals surface area contributed by atoms with Crippen molar-refractivity contribution in [2.24, 2.45) is 5.14 Å². The van der Waals surface area contributed by atoms with Crippen molar-refractivity contribution in [1.29, 1.82) is 0 Å². The van der Waals surface area contributed by atoms with E-state index in [0.29, 0.717) is 5.56 Å². The number of alkyl halides is 3. The Bertz CT molecular complexity index is 894. The SMILES string of the molecule is NS(=O)(=O)c1cc(NC(=O)Cc2ccc(C(F)(F)F)cc2)ccc1O. The maximum absolute atomic E-state index is 12.5. The Kier molecular flexibility index (Phi) is 5.04. The van der Waals surface area contributed by atoms with Crippen LogP contribution < -0.4 is 10.5 Å². The van der Waals surface area contributed by atoms with Crippen molar-refractivity contribution >= 4 is 21.6 Å². The first-order chi connectivity index (χ1) is 11.5. The van der Waals surface area contributed by atoms with E-state index in [1.54, 1.807) is 0 Å². The van der Waals surface area contributed by atoms with Gasteiger partial charge in [0.2, 0.25) is 15.9 Å². The highest BCUT2D eigenvalue weighted by atomic mass is 32.2. The molecule has 0 bridgehead atoms. The van der Waals surface area contributed by atoms with Crippen LogP contribution in [0, 0.1) is 0 Å². The molecule has 4 N–H and O–H groups in total. The van der Waals surface area contributed by atoms with E-state index < -0.39 is 38.3 Å². The molecular formula is C15H13F3N2O4S. The number of primary sulfonamides is 1. The zero-order valence-electron chi connectivity index (χ0n) is 12.5. The number of benzene rings is 2. The van der Waals surface area contributed by atoms with Gasteiger partial charge in [-0.25, -0.2) is 13.6 Å². The maximum atomic E-state index is 12.5. The molecule has 2 aromatic rings. The van der Waals surface area contributed by atoms with Crippen LogP contribution in [0.5, 0.6) is 5.75 Å². The summed E-state index contributed by atoms with van der Waals surface area (Å²) in [7, 11) is -4.18. The Morgan fingerprint density at radius 3 is 2.24 bits per heavy atom. The maximum Gasteiger partial charge on any atom is 0.416 e. The van der Waals surface area contributed by atoms with Gasteiger partial charge in [0, 0.05) is 5.69 Å². The lowest BCUT2D eigenvalue weighted by Crippen LogP contribution is -2.16. The van der Waals surface area contributed by atoms with Crippen LogP contribution in [0.25, 0.3) is 0 Å². The number of phenols is 1. The number of aromatic hydroxyl groups is 1. The average molecular weight is 374 g/mol. The number of sulfonamides is 1. The number of nitrogens with two attached hydrogens (primary N) is 1. The first kappa shape index (κ1) is 18.7. The molecule has 0 aliphatic heterocycles. The van der Waals surface area contributed by atoms with Gasteiger partial charge in [0.1, 0.15) is 10.6 Å². The van der Waals surface area contributed by atoms with Gasteiger partial charge in [-0.3, -0.25) is 4.79 Å². The Balaban J connectivity index is 2.11. The Hall–Kier alpha value is -2.59. The molecule has 0 saturated carbocycles. The molecule has 1 amide bonds. The molecule has 0 heterocycles. The van der Waals surface area contributed by atoms with Gasteiger partial charge in [-0.05, 0) is 35.9 Å². The van der Waals surface area contributed by atoms with Crippen molar-refractivity contribution in [3.8, 4) is 5.75 Å². The van der Waals surface area contributed by atoms with Crippen LogP contribution in [0.1, 0.15) is 11.1 Å². The summed E-state index contributed by atoms with van der Waals surface area (Å²) in [4.78, 5) is 11.4. The summed E-state index contributed by atoms with van der Waals surface area (Å²) in [6.07, 6.45) is -4.68. The van der Waals surface area contributed by atoms with Crippen LogP contribution >= 0.6 is 0 Å². The van der Waals surface area contributed by atoms with Crippen molar-refractivity contribution in [2.45, 2.75) is 17.5 Å². The number of amides is 1. The summed E-state index contributed by atoms with van der Waals surface area (Å²) in [5.74, 6) is -1.14. The van der Waals surface area contributed by atoms with Crippen LogP contribution in [0.2, 0.25) is 0 Å². The Morgan fingerprint density at radius 1 is 1.12 bits per heavy atom. The molecule has 0 atom stereocenters. The fourth-order valence-electron chi connectivity index (χ4n) is 2.02. The van der Waals surface area contributed by atoms with Gasteiger partial charge >= 0.3 is 6.18 Å². The van der Waals surface area contributed by atoms with E-state index in [4.69, 9.17) is 5.14 Å². The lowest BCUT2D eigenvalue weighted by atomic mass is 10.1. The van der Waals surface area contributed by atoms with Crippen LogP contribution in [0.15, 0.2) is 47.4 Å². The third kappa shape index (κ3) is 4.94. The number of phenolic OH excluding ortho intramolecular Hbond substituents is 1. The van der Waals surface area contributed by atoms with E-state index in [0.717, 1.165) is 24.3 Å². The van der Waals surface area contributed by atoms with E-state index in [1.807, 2.05) is 0 Å². The first-order valence-electron chi connectivity index (χ1n) is 6.78. The van der Waals surface area contributed by atoms with Crippen molar-refractivity contribution in [3.05, 3.63) is 53.6 Å². The molecule has 134 valence electrons. The molecule has 0 aliphatic rings. The average Bonchev–Trinajstić information content (AvgIpc) is 2.47. The number of hydrogen-bond donors (Lipinski definition) is 3. The van der Waals surface area contributed by atoms with E-state index in [9.17, 15) is 31.5 Å². The van der Waals surface area contributed by atoms with Crippen molar-refractivity contribution in [1.82, 2.24) is 0 Å². The summed E-state index contributed by atoms with van der Waals surface area (Å²) in [5.41, 5.74) is -0.414. The van der Waals surface area contributed by atoms with E-state index in [2.05, 4.69) is 5.32 Å². The van der Waals surface area contributed by atoms with Crippen molar-refractivity contribution in [3.63, 3.8) is 0 Å². The second-order valence-electron chi connectivity index (χ2n) is 5.15. The normalized spacial score (nSPS) is 12.0. The number of nitrogens with one attached hydrogen (secondary N) is 1. The molecule has 0 fully saturated rings. The minimum atomic E-state index is -4.46. The molecule has 6 nitrogen and oxygen atoms in total. The zero-order chi connectivity index (χ0) is 18.8. The topological polar surface area (TPSA) is 109 Å². The molecule has 10 heteroatoms. The quantitative estimate of drug-likeness (QED) is 0.713. The molecule has 0 radical (unpaired) electrons. The van der Waals surface area contributed by atoms with E-state index in [1.165, 1.54) is 18.2 Å².